The molecule has 4 rings (SSSR count). The molecule has 132 valence electrons. The molecule has 1 N–H and O–H groups in total. The number of nitrogens with zero attached hydrogens (tertiary/aromatic N) is 2. The standard InChI is InChI=1S/C17H19N3O4S/c1-10-17(11(2)24-19-10)25(21,22)20-7-6-16-14(9-20)13-8-12(23-3)4-5-15(13)18-16/h4-5,8,18H,6-7,9H2,1-3H3. The van der Waals surface area contributed by atoms with Gasteiger partial charge in [-0.25, -0.2) is 8.42 Å². The van der Waals surface area contributed by atoms with Crippen molar-refractivity contribution in [2.24, 2.45) is 0 Å². The number of aryl methyl sites for hydroxylation is 2. The summed E-state index contributed by atoms with van der Waals surface area (Å²) in [6.07, 6.45) is 0.634. The Kier molecular flexibility index (Phi) is 3.62. The molecule has 1 aromatic carbocycles. The minimum atomic E-state index is -3.65. The Morgan fingerprint density at radius 3 is 2.80 bits per heavy atom. The van der Waals surface area contributed by atoms with E-state index in [0.717, 1.165) is 27.9 Å². The lowest BCUT2D eigenvalue weighted by Gasteiger charge is -2.26. The van der Waals surface area contributed by atoms with E-state index in [1.54, 1.807) is 21.0 Å². The minimum Gasteiger partial charge on any atom is -0.497 e. The average Bonchev–Trinajstić information content (AvgIpc) is 3.13. The normalized spacial score (nSPS) is 15.5. The Balaban J connectivity index is 1.78. The summed E-state index contributed by atoms with van der Waals surface area (Å²) in [7, 11) is -2.03. The zero-order valence-electron chi connectivity index (χ0n) is 14.3. The van der Waals surface area contributed by atoms with Crippen molar-refractivity contribution >= 4 is 20.9 Å². The third-order valence-corrected chi connectivity index (χ3v) is 6.80. The second kappa shape index (κ2) is 5.60. The van der Waals surface area contributed by atoms with Gasteiger partial charge in [-0.3, -0.25) is 0 Å². The van der Waals surface area contributed by atoms with Gasteiger partial charge in [-0.15, -0.1) is 0 Å². The van der Waals surface area contributed by atoms with Crippen molar-refractivity contribution in [1.29, 1.82) is 0 Å². The molecule has 1 aliphatic heterocycles. The van der Waals surface area contributed by atoms with Crippen molar-refractivity contribution in [1.82, 2.24) is 14.4 Å². The van der Waals surface area contributed by atoms with Crippen molar-refractivity contribution in [3.63, 3.8) is 0 Å². The first kappa shape index (κ1) is 16.2. The largest absolute Gasteiger partial charge is 0.497 e. The molecule has 7 nitrogen and oxygen atoms in total. The molecule has 1 aliphatic rings. The summed E-state index contributed by atoms with van der Waals surface area (Å²) in [6, 6.07) is 5.79. The number of hydrogen-bond acceptors (Lipinski definition) is 5. The van der Waals surface area contributed by atoms with Gasteiger partial charge in [-0.05, 0) is 37.6 Å². The molecule has 0 saturated carbocycles. The number of hydrogen-bond donors (Lipinski definition) is 1. The lowest BCUT2D eigenvalue weighted by molar-refractivity contribution is 0.381. The van der Waals surface area contributed by atoms with Crippen LogP contribution in [0.4, 0.5) is 0 Å². The smallest absolute Gasteiger partial charge is 0.248 e. The molecule has 0 spiro atoms. The number of aromatic amines is 1. The predicted octanol–water partition coefficient (Wildman–Crippen LogP) is 2.53. The molecular formula is C17H19N3O4S. The maximum absolute atomic E-state index is 13.1. The highest BCUT2D eigenvalue weighted by molar-refractivity contribution is 7.89. The number of ether oxygens (including phenoxy) is 1. The number of sulfonamides is 1. The Morgan fingerprint density at radius 1 is 1.32 bits per heavy atom. The van der Waals surface area contributed by atoms with Crippen molar-refractivity contribution in [3.8, 4) is 5.75 Å². The Bertz CT molecular complexity index is 1050. The molecule has 3 aromatic rings. The zero-order valence-corrected chi connectivity index (χ0v) is 15.1. The first-order valence-electron chi connectivity index (χ1n) is 8.02. The summed E-state index contributed by atoms with van der Waals surface area (Å²) in [6.45, 7) is 4.01. The third-order valence-electron chi connectivity index (χ3n) is 4.71. The molecule has 0 atom stereocenters. The van der Waals surface area contributed by atoms with E-state index in [9.17, 15) is 8.42 Å². The molecule has 0 radical (unpaired) electrons. The van der Waals surface area contributed by atoms with E-state index in [2.05, 4.69) is 10.1 Å². The highest BCUT2D eigenvalue weighted by atomic mass is 32.2. The van der Waals surface area contributed by atoms with E-state index < -0.39 is 10.0 Å². The number of rotatable bonds is 3. The van der Waals surface area contributed by atoms with Crippen molar-refractivity contribution in [2.75, 3.05) is 13.7 Å². The van der Waals surface area contributed by atoms with Crippen LogP contribution in [0.1, 0.15) is 22.7 Å². The SMILES string of the molecule is COc1ccc2[nH]c3c(c2c1)CN(S(=O)(=O)c1c(C)noc1C)CC3. The molecule has 3 heterocycles. The lowest BCUT2D eigenvalue weighted by atomic mass is 10.1. The van der Waals surface area contributed by atoms with Crippen molar-refractivity contribution in [3.05, 3.63) is 40.9 Å². The molecule has 0 saturated heterocycles. The molecule has 0 amide bonds. The van der Waals surface area contributed by atoms with Gasteiger partial charge in [-0.2, -0.15) is 4.31 Å². The summed E-state index contributed by atoms with van der Waals surface area (Å²) in [4.78, 5) is 3.56. The summed E-state index contributed by atoms with van der Waals surface area (Å²) < 4.78 is 38.0. The molecule has 0 unspecified atom stereocenters. The first-order valence-corrected chi connectivity index (χ1v) is 9.46. The van der Waals surface area contributed by atoms with Gasteiger partial charge in [-0.1, -0.05) is 5.16 Å². The zero-order chi connectivity index (χ0) is 17.8. The predicted molar refractivity (Wildman–Crippen MR) is 92.1 cm³/mol. The van der Waals surface area contributed by atoms with Crippen LogP contribution in [-0.2, 0) is 23.0 Å². The molecule has 2 aromatic heterocycles. The number of benzene rings is 1. The van der Waals surface area contributed by atoms with Crippen molar-refractivity contribution in [2.45, 2.75) is 31.7 Å². The number of nitrogens with one attached hydrogen (secondary N) is 1. The summed E-state index contributed by atoms with van der Waals surface area (Å²) >= 11 is 0. The first-order chi connectivity index (χ1) is 11.9. The van der Waals surface area contributed by atoms with Gasteiger partial charge in [0.05, 0.1) is 7.11 Å². The number of H-pyrrole nitrogens is 1. The molecule has 8 heteroatoms. The monoisotopic (exact) mass is 361 g/mol. The average molecular weight is 361 g/mol. The fourth-order valence-electron chi connectivity index (χ4n) is 3.47. The van der Waals surface area contributed by atoms with Gasteiger partial charge >= 0.3 is 0 Å². The third kappa shape index (κ3) is 2.44. The van der Waals surface area contributed by atoms with E-state index >= 15 is 0 Å². The molecule has 0 fully saturated rings. The van der Waals surface area contributed by atoms with Gasteiger partial charge in [0, 0.05) is 36.1 Å². The van der Waals surface area contributed by atoms with Crippen LogP contribution in [-0.4, -0.2) is 36.5 Å². The van der Waals surface area contributed by atoms with Crippen LogP contribution in [0.2, 0.25) is 0 Å². The van der Waals surface area contributed by atoms with Gasteiger partial charge in [0.25, 0.3) is 0 Å². The van der Waals surface area contributed by atoms with Crippen LogP contribution in [0, 0.1) is 13.8 Å². The van der Waals surface area contributed by atoms with Crippen LogP contribution in [0.15, 0.2) is 27.6 Å². The van der Waals surface area contributed by atoms with Gasteiger partial charge in [0.15, 0.2) is 5.76 Å². The van der Waals surface area contributed by atoms with E-state index in [4.69, 9.17) is 9.26 Å². The van der Waals surface area contributed by atoms with Crippen LogP contribution in [0.3, 0.4) is 0 Å². The van der Waals surface area contributed by atoms with Gasteiger partial charge < -0.3 is 14.2 Å². The van der Waals surface area contributed by atoms with Crippen LogP contribution in [0.25, 0.3) is 10.9 Å². The van der Waals surface area contributed by atoms with E-state index in [1.807, 2.05) is 18.2 Å². The fourth-order valence-corrected chi connectivity index (χ4v) is 5.17. The summed E-state index contributed by atoms with van der Waals surface area (Å²) in [5.41, 5.74) is 3.45. The lowest BCUT2D eigenvalue weighted by Crippen LogP contribution is -2.36. The summed E-state index contributed by atoms with van der Waals surface area (Å²) in [5, 5.41) is 4.77. The highest BCUT2D eigenvalue weighted by Gasteiger charge is 2.34. The maximum Gasteiger partial charge on any atom is 0.248 e. The molecular weight excluding hydrogens is 342 g/mol. The topological polar surface area (TPSA) is 88.4 Å². The number of aromatic nitrogens is 2. The van der Waals surface area contributed by atoms with E-state index in [-0.39, 0.29) is 4.90 Å². The molecule has 25 heavy (non-hydrogen) atoms. The fraction of sp³-hybridized carbons (Fsp3) is 0.353. The Hall–Kier alpha value is -2.32. The second-order valence-corrected chi connectivity index (χ2v) is 8.11. The Morgan fingerprint density at radius 2 is 2.12 bits per heavy atom. The van der Waals surface area contributed by atoms with Crippen LogP contribution < -0.4 is 4.74 Å². The highest BCUT2D eigenvalue weighted by Crippen LogP contribution is 2.33. The Labute approximate surface area is 145 Å². The van der Waals surface area contributed by atoms with E-state index in [0.29, 0.717) is 31.0 Å². The number of methoxy groups -OCH3 is 1. The molecule has 0 aliphatic carbocycles. The number of fused-ring (bicyclic) bond motifs is 3. The van der Waals surface area contributed by atoms with Gasteiger partial charge in [0.2, 0.25) is 10.0 Å². The van der Waals surface area contributed by atoms with Gasteiger partial charge in [0.1, 0.15) is 16.3 Å². The van der Waals surface area contributed by atoms with Crippen molar-refractivity contribution < 1.29 is 17.7 Å². The second-order valence-electron chi connectivity index (χ2n) is 6.24. The van der Waals surface area contributed by atoms with Crippen LogP contribution in [0.5, 0.6) is 5.75 Å². The summed E-state index contributed by atoms with van der Waals surface area (Å²) in [5.74, 6) is 1.07. The van der Waals surface area contributed by atoms with E-state index in [1.165, 1.54) is 4.31 Å². The quantitative estimate of drug-likeness (QED) is 0.774. The minimum absolute atomic E-state index is 0.174. The molecule has 0 bridgehead atoms. The van der Waals surface area contributed by atoms with Crippen LogP contribution >= 0.6 is 0 Å². The maximum atomic E-state index is 13.1.